The number of amides is 2. The van der Waals surface area contributed by atoms with Crippen molar-refractivity contribution in [3.05, 3.63) is 40.9 Å². The lowest BCUT2D eigenvalue weighted by atomic mass is 10.1. The molecular formula is C18H20ClN3O4S. The number of hydrogen-bond acceptors (Lipinski definition) is 5. The average molecular weight is 410 g/mol. The monoisotopic (exact) mass is 409 g/mol. The van der Waals surface area contributed by atoms with E-state index in [0.29, 0.717) is 23.7 Å². The standard InChI is InChI=1S/C18H20ClN3O4S/c1-2-26-16(24)11-14-17(25)20-9-10-22(14)18(27)21-15(23)8-7-12-5-3-4-6-13(12)19/h3-8,14H,2,9-11H2,1H3,(H,20,25)(H,21,23,27)/b8-7+. The van der Waals surface area contributed by atoms with Gasteiger partial charge < -0.3 is 15.0 Å². The summed E-state index contributed by atoms with van der Waals surface area (Å²) in [6.07, 6.45) is 2.72. The van der Waals surface area contributed by atoms with Crippen LogP contribution >= 0.6 is 23.8 Å². The molecule has 7 nitrogen and oxygen atoms in total. The van der Waals surface area contributed by atoms with Gasteiger partial charge in [0.05, 0.1) is 13.0 Å². The zero-order chi connectivity index (χ0) is 19.8. The highest BCUT2D eigenvalue weighted by Gasteiger charge is 2.33. The molecule has 1 aromatic carbocycles. The first-order chi connectivity index (χ1) is 12.9. The van der Waals surface area contributed by atoms with Gasteiger partial charge in [0.15, 0.2) is 5.11 Å². The van der Waals surface area contributed by atoms with E-state index in [0.717, 1.165) is 0 Å². The highest BCUT2D eigenvalue weighted by molar-refractivity contribution is 7.80. The molecule has 9 heteroatoms. The van der Waals surface area contributed by atoms with Gasteiger partial charge in [-0.1, -0.05) is 29.8 Å². The van der Waals surface area contributed by atoms with Gasteiger partial charge >= 0.3 is 5.97 Å². The SMILES string of the molecule is CCOC(=O)CC1C(=O)NCCN1C(=S)NC(=O)/C=C/c1ccccc1Cl. The fourth-order valence-corrected chi connectivity index (χ4v) is 3.05. The maximum atomic E-state index is 12.1. The summed E-state index contributed by atoms with van der Waals surface area (Å²) in [6.45, 7) is 2.65. The van der Waals surface area contributed by atoms with Crippen molar-refractivity contribution in [1.82, 2.24) is 15.5 Å². The number of benzene rings is 1. The van der Waals surface area contributed by atoms with Crippen LogP contribution in [0.1, 0.15) is 18.9 Å². The molecule has 27 heavy (non-hydrogen) atoms. The molecule has 2 rings (SSSR count). The topological polar surface area (TPSA) is 87.7 Å². The number of thiocarbonyl (C=S) groups is 1. The zero-order valence-electron chi connectivity index (χ0n) is 14.7. The molecule has 0 radical (unpaired) electrons. The summed E-state index contributed by atoms with van der Waals surface area (Å²) in [5, 5.41) is 5.83. The van der Waals surface area contributed by atoms with E-state index in [9.17, 15) is 14.4 Å². The number of nitrogens with one attached hydrogen (secondary N) is 2. The van der Waals surface area contributed by atoms with Crippen LogP contribution in [0.5, 0.6) is 0 Å². The molecule has 0 bridgehead atoms. The van der Waals surface area contributed by atoms with E-state index in [-0.39, 0.29) is 24.0 Å². The molecule has 1 aliphatic heterocycles. The second-order valence-electron chi connectivity index (χ2n) is 5.66. The molecule has 1 fully saturated rings. The van der Waals surface area contributed by atoms with Crippen LogP contribution in [0.4, 0.5) is 0 Å². The third-order valence-electron chi connectivity index (χ3n) is 3.81. The van der Waals surface area contributed by atoms with Gasteiger partial charge in [0.1, 0.15) is 6.04 Å². The number of nitrogens with zero attached hydrogens (tertiary/aromatic N) is 1. The van der Waals surface area contributed by atoms with Crippen molar-refractivity contribution in [2.75, 3.05) is 19.7 Å². The Morgan fingerprint density at radius 3 is 2.89 bits per heavy atom. The van der Waals surface area contributed by atoms with Crippen LogP contribution in [-0.4, -0.2) is 53.5 Å². The Kier molecular flexibility index (Phi) is 7.75. The number of esters is 1. The van der Waals surface area contributed by atoms with Crippen LogP contribution in [0.25, 0.3) is 6.08 Å². The van der Waals surface area contributed by atoms with E-state index in [2.05, 4.69) is 10.6 Å². The first-order valence-electron chi connectivity index (χ1n) is 8.40. The summed E-state index contributed by atoms with van der Waals surface area (Å²) in [5.74, 6) is -1.30. The maximum absolute atomic E-state index is 12.1. The van der Waals surface area contributed by atoms with Gasteiger partial charge in [-0.3, -0.25) is 19.7 Å². The number of carbonyl (C=O) groups excluding carboxylic acids is 3. The molecule has 1 unspecified atom stereocenters. The summed E-state index contributed by atoms with van der Waals surface area (Å²) in [5.41, 5.74) is 0.692. The molecule has 0 saturated carbocycles. The van der Waals surface area contributed by atoms with Crippen molar-refractivity contribution in [2.45, 2.75) is 19.4 Å². The van der Waals surface area contributed by atoms with Gasteiger partial charge in [-0.15, -0.1) is 0 Å². The molecule has 0 aromatic heterocycles. The second-order valence-corrected chi connectivity index (χ2v) is 6.45. The number of ether oxygens (including phenoxy) is 1. The highest BCUT2D eigenvalue weighted by Crippen LogP contribution is 2.16. The number of carbonyl (C=O) groups is 3. The molecule has 1 atom stereocenters. The van der Waals surface area contributed by atoms with Crippen LogP contribution in [-0.2, 0) is 19.1 Å². The van der Waals surface area contributed by atoms with Crippen LogP contribution in [0, 0.1) is 0 Å². The Morgan fingerprint density at radius 2 is 2.19 bits per heavy atom. The summed E-state index contributed by atoms with van der Waals surface area (Å²) in [7, 11) is 0. The van der Waals surface area contributed by atoms with E-state index in [1.807, 2.05) is 0 Å². The molecule has 1 aromatic rings. The second kappa shape index (κ2) is 10.0. The first-order valence-corrected chi connectivity index (χ1v) is 9.18. The maximum Gasteiger partial charge on any atom is 0.308 e. The Morgan fingerprint density at radius 1 is 1.44 bits per heavy atom. The third kappa shape index (κ3) is 6.04. The van der Waals surface area contributed by atoms with Crippen LogP contribution in [0.15, 0.2) is 30.3 Å². The van der Waals surface area contributed by atoms with Crippen molar-refractivity contribution in [3.8, 4) is 0 Å². The molecule has 1 aliphatic rings. The van der Waals surface area contributed by atoms with Crippen LogP contribution < -0.4 is 10.6 Å². The largest absolute Gasteiger partial charge is 0.466 e. The van der Waals surface area contributed by atoms with Crippen LogP contribution in [0.3, 0.4) is 0 Å². The predicted molar refractivity (Wildman–Crippen MR) is 106 cm³/mol. The molecule has 0 aliphatic carbocycles. The van der Waals surface area contributed by atoms with Gasteiger partial charge in [0, 0.05) is 24.2 Å². The third-order valence-corrected chi connectivity index (χ3v) is 4.49. The fraction of sp³-hybridized carbons (Fsp3) is 0.333. The van der Waals surface area contributed by atoms with Gasteiger partial charge in [-0.05, 0) is 36.8 Å². The van der Waals surface area contributed by atoms with E-state index >= 15 is 0 Å². The van der Waals surface area contributed by atoms with Gasteiger partial charge in [-0.25, -0.2) is 0 Å². The summed E-state index contributed by atoms with van der Waals surface area (Å²) in [6, 6.07) is 6.27. The minimum Gasteiger partial charge on any atom is -0.466 e. The molecule has 1 heterocycles. The fourth-order valence-electron chi connectivity index (χ4n) is 2.53. The van der Waals surface area contributed by atoms with Crippen molar-refractivity contribution in [1.29, 1.82) is 0 Å². The van der Waals surface area contributed by atoms with Gasteiger partial charge in [0.2, 0.25) is 11.8 Å². The quantitative estimate of drug-likeness (QED) is 0.435. The van der Waals surface area contributed by atoms with Crippen LogP contribution in [0.2, 0.25) is 5.02 Å². The molecule has 2 amide bonds. The Labute approximate surface area is 167 Å². The molecular weight excluding hydrogens is 390 g/mol. The molecule has 2 N–H and O–H groups in total. The molecule has 1 saturated heterocycles. The Balaban J connectivity index is 2.01. The van der Waals surface area contributed by atoms with Crippen molar-refractivity contribution in [3.63, 3.8) is 0 Å². The number of halogens is 1. The summed E-state index contributed by atoms with van der Waals surface area (Å²) >= 11 is 11.3. The number of rotatable bonds is 5. The van der Waals surface area contributed by atoms with E-state index < -0.39 is 17.9 Å². The number of hydrogen-bond donors (Lipinski definition) is 2. The molecule has 0 spiro atoms. The Hall–Kier alpha value is -2.45. The normalized spacial score (nSPS) is 16.7. The summed E-state index contributed by atoms with van der Waals surface area (Å²) in [4.78, 5) is 37.5. The number of piperazine rings is 1. The van der Waals surface area contributed by atoms with Crippen molar-refractivity contribution < 1.29 is 19.1 Å². The summed E-state index contributed by atoms with van der Waals surface area (Å²) < 4.78 is 4.90. The van der Waals surface area contributed by atoms with Gasteiger partial charge in [0.25, 0.3) is 0 Å². The smallest absolute Gasteiger partial charge is 0.308 e. The van der Waals surface area contributed by atoms with E-state index in [1.54, 1.807) is 37.3 Å². The van der Waals surface area contributed by atoms with E-state index in [1.165, 1.54) is 11.0 Å². The van der Waals surface area contributed by atoms with Gasteiger partial charge in [-0.2, -0.15) is 0 Å². The first kappa shape index (κ1) is 20.9. The minimum atomic E-state index is -0.821. The lowest BCUT2D eigenvalue weighted by molar-refractivity contribution is -0.147. The minimum absolute atomic E-state index is 0.0768. The lowest BCUT2D eigenvalue weighted by Gasteiger charge is -2.36. The highest BCUT2D eigenvalue weighted by atomic mass is 35.5. The van der Waals surface area contributed by atoms with E-state index in [4.69, 9.17) is 28.6 Å². The van der Waals surface area contributed by atoms with Crippen molar-refractivity contribution >= 4 is 52.8 Å². The average Bonchev–Trinajstić information content (AvgIpc) is 2.63. The predicted octanol–water partition coefficient (Wildman–Crippen LogP) is 1.51. The van der Waals surface area contributed by atoms with Crippen molar-refractivity contribution in [2.24, 2.45) is 0 Å². The molecule has 144 valence electrons. The zero-order valence-corrected chi connectivity index (χ0v) is 16.3. The lowest BCUT2D eigenvalue weighted by Crippen LogP contribution is -2.60. The Bertz CT molecular complexity index is 769.